The minimum absolute atomic E-state index is 0.223. The number of nitrogens with one attached hydrogen (secondary N) is 1. The molecule has 0 aliphatic carbocycles. The van der Waals surface area contributed by atoms with Gasteiger partial charge in [-0.25, -0.2) is 8.78 Å². The van der Waals surface area contributed by atoms with Crippen molar-refractivity contribution in [2.75, 3.05) is 18.5 Å². The number of hydrogen-bond donors (Lipinski definition) is 1. The zero-order chi connectivity index (χ0) is 16.4. The lowest BCUT2D eigenvalue weighted by molar-refractivity contribution is -0.119. The Kier molecular flexibility index (Phi) is 5.20. The van der Waals surface area contributed by atoms with Crippen LogP contribution in [-0.4, -0.2) is 25.3 Å². The Bertz CT molecular complexity index is 468. The predicted molar refractivity (Wildman–Crippen MR) is 72.3 cm³/mol. The van der Waals surface area contributed by atoms with Crippen LogP contribution < -0.4 is 10.2 Å². The maximum absolute atomic E-state index is 13.9. The van der Waals surface area contributed by atoms with Crippen LogP contribution in [-0.2, 0) is 6.54 Å². The lowest BCUT2D eigenvalue weighted by atomic mass is 10.1. The Morgan fingerprint density at radius 1 is 1.05 bits per heavy atom. The fraction of sp³-hybridized carbons (Fsp3) is 0.571. The zero-order valence-electron chi connectivity index (χ0n) is 12.4. The van der Waals surface area contributed by atoms with E-state index in [0.717, 1.165) is 19.2 Å². The van der Waals surface area contributed by atoms with Crippen molar-refractivity contribution in [1.82, 2.24) is 5.32 Å². The topological polar surface area (TPSA) is 15.3 Å². The Hall–Kier alpha value is -1.37. The van der Waals surface area contributed by atoms with Crippen LogP contribution in [0.15, 0.2) is 12.1 Å². The molecular weight excluding hydrogens is 291 g/mol. The molecule has 1 N–H and O–H groups in total. The molecule has 0 spiro atoms. The summed E-state index contributed by atoms with van der Waals surface area (Å²) in [4.78, 5) is 0.519. The maximum atomic E-state index is 13.9. The monoisotopic (exact) mass is 310 g/mol. The van der Waals surface area contributed by atoms with Crippen LogP contribution >= 0.6 is 0 Å². The summed E-state index contributed by atoms with van der Waals surface area (Å²) in [5, 5.41) is 3.05. The molecule has 0 bridgehead atoms. The van der Waals surface area contributed by atoms with Crippen molar-refractivity contribution in [2.45, 2.75) is 39.0 Å². The van der Waals surface area contributed by atoms with Crippen molar-refractivity contribution in [3.05, 3.63) is 29.3 Å². The van der Waals surface area contributed by atoms with Gasteiger partial charge in [-0.05, 0) is 38.5 Å². The van der Waals surface area contributed by atoms with E-state index in [2.05, 4.69) is 5.32 Å². The number of nitrogens with zero attached hydrogens (tertiary/aromatic N) is 1. The van der Waals surface area contributed by atoms with Crippen molar-refractivity contribution in [3.63, 3.8) is 0 Å². The lowest BCUT2D eigenvalue weighted by Crippen LogP contribution is -2.35. The highest BCUT2D eigenvalue weighted by atomic mass is 19.4. The summed E-state index contributed by atoms with van der Waals surface area (Å²) in [6.45, 7) is 4.49. The molecular formula is C14H19F5N2. The second kappa shape index (κ2) is 6.17. The third-order valence-electron chi connectivity index (χ3n) is 2.70. The van der Waals surface area contributed by atoms with Crippen LogP contribution in [0.25, 0.3) is 0 Å². The first-order chi connectivity index (χ1) is 9.39. The van der Waals surface area contributed by atoms with Gasteiger partial charge in [0.2, 0.25) is 0 Å². The molecule has 1 rings (SSSR count). The Balaban J connectivity index is 2.95. The normalized spacial score (nSPS) is 12.6. The summed E-state index contributed by atoms with van der Waals surface area (Å²) < 4.78 is 64.6. The number of alkyl halides is 3. The van der Waals surface area contributed by atoms with Gasteiger partial charge in [-0.15, -0.1) is 0 Å². The van der Waals surface area contributed by atoms with Crippen LogP contribution in [0.5, 0.6) is 0 Å². The van der Waals surface area contributed by atoms with Gasteiger partial charge >= 0.3 is 6.18 Å². The summed E-state index contributed by atoms with van der Waals surface area (Å²) >= 11 is 0. The molecule has 0 fully saturated rings. The third-order valence-corrected chi connectivity index (χ3v) is 2.70. The van der Waals surface area contributed by atoms with Gasteiger partial charge in [0.25, 0.3) is 0 Å². The summed E-state index contributed by atoms with van der Waals surface area (Å²) in [5.74, 6) is -2.01. The van der Waals surface area contributed by atoms with Gasteiger partial charge in [0, 0.05) is 19.1 Å². The van der Waals surface area contributed by atoms with Gasteiger partial charge in [-0.2, -0.15) is 13.2 Å². The Morgan fingerprint density at radius 3 is 1.90 bits per heavy atom. The molecule has 120 valence electrons. The number of benzene rings is 1. The standard InChI is InChI=1S/C14H19F5N2/c1-13(2,3)20-7-9-5-10(15)12(11(16)6-9)21(4)8-14(17,18)19/h5-6,20H,7-8H2,1-4H3. The molecule has 0 saturated carbocycles. The van der Waals surface area contributed by atoms with E-state index in [1.165, 1.54) is 0 Å². The third kappa shape index (κ3) is 5.87. The molecule has 2 nitrogen and oxygen atoms in total. The summed E-state index contributed by atoms with van der Waals surface area (Å²) in [6, 6.07) is 2.09. The molecule has 1 aromatic rings. The largest absolute Gasteiger partial charge is 0.405 e. The van der Waals surface area contributed by atoms with Crippen molar-refractivity contribution in [1.29, 1.82) is 0 Å². The molecule has 21 heavy (non-hydrogen) atoms. The van der Waals surface area contributed by atoms with Crippen LogP contribution in [0.1, 0.15) is 26.3 Å². The van der Waals surface area contributed by atoms with E-state index in [1.54, 1.807) is 0 Å². The van der Waals surface area contributed by atoms with Gasteiger partial charge in [-0.3, -0.25) is 0 Å². The van der Waals surface area contributed by atoms with E-state index in [0.29, 0.717) is 10.5 Å². The smallest absolute Gasteiger partial charge is 0.361 e. The fourth-order valence-electron chi connectivity index (χ4n) is 1.80. The highest BCUT2D eigenvalue weighted by molar-refractivity contribution is 5.50. The molecule has 0 heterocycles. The first-order valence-corrected chi connectivity index (χ1v) is 6.40. The minimum atomic E-state index is -4.53. The predicted octanol–water partition coefficient (Wildman–Crippen LogP) is 3.85. The van der Waals surface area contributed by atoms with Crippen molar-refractivity contribution in [2.24, 2.45) is 0 Å². The second-order valence-corrected chi connectivity index (χ2v) is 5.98. The molecule has 0 amide bonds. The van der Waals surface area contributed by atoms with Gasteiger partial charge < -0.3 is 10.2 Å². The first-order valence-electron chi connectivity index (χ1n) is 6.40. The lowest BCUT2D eigenvalue weighted by Gasteiger charge is -2.23. The fourth-order valence-corrected chi connectivity index (χ4v) is 1.80. The molecule has 7 heteroatoms. The van der Waals surface area contributed by atoms with E-state index in [9.17, 15) is 22.0 Å². The quantitative estimate of drug-likeness (QED) is 0.850. The van der Waals surface area contributed by atoms with Gasteiger partial charge in [0.15, 0.2) is 0 Å². The molecule has 0 unspecified atom stereocenters. The molecule has 1 aromatic carbocycles. The van der Waals surface area contributed by atoms with Crippen LogP contribution in [0.3, 0.4) is 0 Å². The van der Waals surface area contributed by atoms with Gasteiger partial charge in [0.1, 0.15) is 23.9 Å². The summed E-state index contributed by atoms with van der Waals surface area (Å²) in [5.41, 5.74) is -0.575. The van der Waals surface area contributed by atoms with E-state index >= 15 is 0 Å². The molecule has 0 radical (unpaired) electrons. The second-order valence-electron chi connectivity index (χ2n) is 5.98. The van der Waals surface area contributed by atoms with Crippen molar-refractivity contribution >= 4 is 5.69 Å². The molecule has 0 aliphatic rings. The Labute approximate surface area is 120 Å². The van der Waals surface area contributed by atoms with E-state index in [1.807, 2.05) is 20.8 Å². The first kappa shape index (κ1) is 17.7. The number of anilines is 1. The molecule has 0 aromatic heterocycles. The van der Waals surface area contributed by atoms with Gasteiger partial charge in [0.05, 0.1) is 0 Å². The molecule has 0 aliphatic heterocycles. The average Bonchev–Trinajstić information content (AvgIpc) is 2.21. The van der Waals surface area contributed by atoms with Crippen molar-refractivity contribution < 1.29 is 22.0 Å². The Morgan fingerprint density at radius 2 is 1.52 bits per heavy atom. The zero-order valence-corrected chi connectivity index (χ0v) is 12.4. The van der Waals surface area contributed by atoms with E-state index in [4.69, 9.17) is 0 Å². The minimum Gasteiger partial charge on any atom is -0.361 e. The highest BCUT2D eigenvalue weighted by Crippen LogP contribution is 2.27. The number of hydrogen-bond acceptors (Lipinski definition) is 2. The number of rotatable bonds is 4. The molecule has 0 atom stereocenters. The van der Waals surface area contributed by atoms with Crippen LogP contribution in [0.4, 0.5) is 27.6 Å². The number of halogens is 5. The highest BCUT2D eigenvalue weighted by Gasteiger charge is 2.31. The molecule has 0 saturated heterocycles. The van der Waals surface area contributed by atoms with Crippen LogP contribution in [0.2, 0.25) is 0 Å². The summed E-state index contributed by atoms with van der Waals surface area (Å²) in [7, 11) is 1.00. The maximum Gasteiger partial charge on any atom is 0.405 e. The van der Waals surface area contributed by atoms with Gasteiger partial charge in [-0.1, -0.05) is 0 Å². The average molecular weight is 310 g/mol. The van der Waals surface area contributed by atoms with E-state index < -0.39 is 30.0 Å². The van der Waals surface area contributed by atoms with E-state index in [-0.39, 0.29) is 12.1 Å². The van der Waals surface area contributed by atoms with Crippen molar-refractivity contribution in [3.8, 4) is 0 Å². The summed E-state index contributed by atoms with van der Waals surface area (Å²) in [6.07, 6.45) is -4.53. The van der Waals surface area contributed by atoms with Crippen LogP contribution in [0, 0.1) is 11.6 Å². The SMILES string of the molecule is CN(CC(F)(F)F)c1c(F)cc(CNC(C)(C)C)cc1F.